The maximum atomic E-state index is 11.8. The predicted molar refractivity (Wildman–Crippen MR) is 85.6 cm³/mol. The summed E-state index contributed by atoms with van der Waals surface area (Å²) in [5.74, 6) is 0. The Labute approximate surface area is 129 Å². The van der Waals surface area contributed by atoms with Crippen molar-refractivity contribution in [1.29, 1.82) is 0 Å². The van der Waals surface area contributed by atoms with Crippen LogP contribution < -0.4 is 10.3 Å². The molecule has 2 aromatic rings. The number of benzene rings is 1. The first kappa shape index (κ1) is 16.1. The Balaban J connectivity index is 1.92. The number of aryl methyl sites for hydroxylation is 1. The topological polar surface area (TPSA) is 81.1 Å². The van der Waals surface area contributed by atoms with Gasteiger partial charge in [0.15, 0.2) is 0 Å². The predicted octanol–water partition coefficient (Wildman–Crippen LogP) is 1.14. The van der Waals surface area contributed by atoms with Gasteiger partial charge in [-0.15, -0.1) is 0 Å². The fourth-order valence-electron chi connectivity index (χ4n) is 1.74. The molecule has 0 aliphatic rings. The van der Waals surface area contributed by atoms with Gasteiger partial charge >= 0.3 is 0 Å². The molecule has 116 valence electrons. The van der Waals surface area contributed by atoms with Gasteiger partial charge in [-0.1, -0.05) is 29.8 Å². The fourth-order valence-corrected chi connectivity index (χ4v) is 2.55. The summed E-state index contributed by atoms with van der Waals surface area (Å²) in [7, 11) is -3.55. The van der Waals surface area contributed by atoms with Gasteiger partial charge in [0.1, 0.15) is 0 Å². The number of rotatable bonds is 6. The van der Waals surface area contributed by atoms with E-state index in [2.05, 4.69) is 9.82 Å². The van der Waals surface area contributed by atoms with Crippen LogP contribution in [-0.4, -0.2) is 24.7 Å². The summed E-state index contributed by atoms with van der Waals surface area (Å²) in [5, 5.41) is 4.96. The Hall–Kier alpha value is -2.25. The molecule has 1 aromatic heterocycles. The lowest BCUT2D eigenvalue weighted by Gasteiger charge is -2.04. The van der Waals surface area contributed by atoms with Gasteiger partial charge in [0, 0.05) is 24.2 Å². The van der Waals surface area contributed by atoms with E-state index in [9.17, 15) is 13.2 Å². The third kappa shape index (κ3) is 4.94. The first-order valence-corrected chi connectivity index (χ1v) is 8.27. The van der Waals surface area contributed by atoms with Gasteiger partial charge in [-0.2, -0.15) is 5.10 Å². The van der Waals surface area contributed by atoms with Crippen molar-refractivity contribution in [2.45, 2.75) is 13.5 Å². The highest BCUT2D eigenvalue weighted by atomic mass is 32.2. The van der Waals surface area contributed by atoms with Gasteiger partial charge in [0.2, 0.25) is 10.0 Å². The largest absolute Gasteiger partial charge is 0.268 e. The van der Waals surface area contributed by atoms with Gasteiger partial charge in [0.05, 0.1) is 6.54 Å². The molecule has 0 saturated heterocycles. The van der Waals surface area contributed by atoms with Crippen molar-refractivity contribution in [3.8, 4) is 0 Å². The fraction of sp³-hybridized carbons (Fsp3) is 0.200. The highest BCUT2D eigenvalue weighted by Crippen LogP contribution is 2.05. The number of aromatic nitrogens is 2. The van der Waals surface area contributed by atoms with E-state index in [1.54, 1.807) is 0 Å². The molecule has 7 heteroatoms. The third-order valence-corrected chi connectivity index (χ3v) is 4.03. The van der Waals surface area contributed by atoms with E-state index in [-0.39, 0.29) is 18.6 Å². The SMILES string of the molecule is Cc1ccc(/C=C/S(=O)(=O)NCCn2ncccc2=O)cc1. The molecular weight excluding hydrogens is 302 g/mol. The molecule has 0 amide bonds. The Morgan fingerprint density at radius 1 is 1.23 bits per heavy atom. The van der Waals surface area contributed by atoms with E-state index in [1.165, 1.54) is 29.1 Å². The normalized spacial score (nSPS) is 11.9. The molecule has 1 N–H and O–H groups in total. The quantitative estimate of drug-likeness (QED) is 0.866. The van der Waals surface area contributed by atoms with Crippen molar-refractivity contribution in [3.05, 3.63) is 69.5 Å². The second-order valence-corrected chi connectivity index (χ2v) is 6.39. The van der Waals surface area contributed by atoms with Crippen LogP contribution in [0.5, 0.6) is 0 Å². The van der Waals surface area contributed by atoms with Crippen LogP contribution in [0, 0.1) is 6.92 Å². The van der Waals surface area contributed by atoms with Crippen molar-refractivity contribution >= 4 is 16.1 Å². The first-order valence-electron chi connectivity index (χ1n) is 6.73. The maximum absolute atomic E-state index is 11.8. The third-order valence-electron chi connectivity index (χ3n) is 2.93. The summed E-state index contributed by atoms with van der Waals surface area (Å²) in [6.07, 6.45) is 3.00. The lowest BCUT2D eigenvalue weighted by Crippen LogP contribution is -2.30. The van der Waals surface area contributed by atoms with E-state index in [4.69, 9.17) is 0 Å². The molecule has 0 fully saturated rings. The van der Waals surface area contributed by atoms with Gasteiger partial charge < -0.3 is 0 Å². The molecule has 22 heavy (non-hydrogen) atoms. The lowest BCUT2D eigenvalue weighted by atomic mass is 10.2. The van der Waals surface area contributed by atoms with Crippen LogP contribution in [0.15, 0.2) is 52.8 Å². The molecule has 0 aliphatic carbocycles. The molecule has 1 heterocycles. The summed E-state index contributed by atoms with van der Waals surface area (Å²) in [6, 6.07) is 10.4. The zero-order valence-corrected chi connectivity index (χ0v) is 13.0. The van der Waals surface area contributed by atoms with E-state index < -0.39 is 10.0 Å². The van der Waals surface area contributed by atoms with Crippen LogP contribution in [0.2, 0.25) is 0 Å². The van der Waals surface area contributed by atoms with Crippen LogP contribution in [0.1, 0.15) is 11.1 Å². The maximum Gasteiger partial charge on any atom is 0.266 e. The number of hydrogen-bond acceptors (Lipinski definition) is 4. The molecular formula is C15H17N3O3S. The molecule has 0 aliphatic heterocycles. The first-order chi connectivity index (χ1) is 10.5. The Morgan fingerprint density at radius 2 is 1.95 bits per heavy atom. The van der Waals surface area contributed by atoms with Gasteiger partial charge in [-0.3, -0.25) is 4.79 Å². The van der Waals surface area contributed by atoms with Crippen molar-refractivity contribution in [2.24, 2.45) is 0 Å². The van der Waals surface area contributed by atoms with Crippen LogP contribution in [0.4, 0.5) is 0 Å². The molecule has 0 saturated carbocycles. The Morgan fingerprint density at radius 3 is 2.64 bits per heavy atom. The van der Waals surface area contributed by atoms with Crippen LogP contribution in [-0.2, 0) is 16.6 Å². The Kier molecular flexibility index (Phi) is 5.24. The number of hydrogen-bond donors (Lipinski definition) is 1. The minimum Gasteiger partial charge on any atom is -0.268 e. The van der Waals surface area contributed by atoms with Crippen LogP contribution >= 0.6 is 0 Å². The monoisotopic (exact) mass is 319 g/mol. The Bertz CT molecular complexity index is 808. The zero-order chi connectivity index (χ0) is 16.0. The van der Waals surface area contributed by atoms with Crippen LogP contribution in [0.3, 0.4) is 0 Å². The average molecular weight is 319 g/mol. The van der Waals surface area contributed by atoms with Crippen molar-refractivity contribution in [3.63, 3.8) is 0 Å². The van der Waals surface area contributed by atoms with E-state index in [1.807, 2.05) is 31.2 Å². The summed E-state index contributed by atoms with van der Waals surface area (Å²) in [6.45, 7) is 2.24. The van der Waals surface area contributed by atoms with Gasteiger partial charge in [0.25, 0.3) is 5.56 Å². The van der Waals surface area contributed by atoms with E-state index in [0.29, 0.717) is 0 Å². The number of sulfonamides is 1. The second-order valence-electron chi connectivity index (χ2n) is 4.74. The second kappa shape index (κ2) is 7.15. The number of nitrogens with one attached hydrogen (secondary N) is 1. The summed E-state index contributed by atoms with van der Waals surface area (Å²) >= 11 is 0. The molecule has 2 rings (SSSR count). The van der Waals surface area contributed by atoms with Crippen molar-refractivity contribution in [1.82, 2.24) is 14.5 Å². The summed E-state index contributed by atoms with van der Waals surface area (Å²) in [5.41, 5.74) is 1.65. The molecule has 6 nitrogen and oxygen atoms in total. The molecule has 0 unspecified atom stereocenters. The molecule has 0 bridgehead atoms. The molecule has 0 radical (unpaired) electrons. The average Bonchev–Trinajstić information content (AvgIpc) is 2.49. The van der Waals surface area contributed by atoms with E-state index in [0.717, 1.165) is 16.5 Å². The summed E-state index contributed by atoms with van der Waals surface area (Å²) < 4.78 is 27.3. The smallest absolute Gasteiger partial charge is 0.266 e. The minimum atomic E-state index is -3.55. The summed E-state index contributed by atoms with van der Waals surface area (Å²) in [4.78, 5) is 11.4. The minimum absolute atomic E-state index is 0.0947. The zero-order valence-electron chi connectivity index (χ0n) is 12.1. The number of nitrogens with zero attached hydrogens (tertiary/aromatic N) is 2. The molecule has 0 atom stereocenters. The van der Waals surface area contributed by atoms with Crippen molar-refractivity contribution in [2.75, 3.05) is 6.54 Å². The van der Waals surface area contributed by atoms with Gasteiger partial charge in [-0.25, -0.2) is 17.8 Å². The van der Waals surface area contributed by atoms with Crippen LogP contribution in [0.25, 0.3) is 6.08 Å². The molecule has 1 aromatic carbocycles. The highest BCUT2D eigenvalue weighted by molar-refractivity contribution is 7.92. The molecule has 0 spiro atoms. The van der Waals surface area contributed by atoms with Gasteiger partial charge in [-0.05, 0) is 24.6 Å². The highest BCUT2D eigenvalue weighted by Gasteiger charge is 2.05. The van der Waals surface area contributed by atoms with Crippen molar-refractivity contribution < 1.29 is 8.42 Å². The standard InChI is InChI=1S/C15H17N3O3S/c1-13-4-6-14(7-5-13)8-12-22(20,21)17-10-11-18-15(19)3-2-9-16-18/h2-9,12,17H,10-11H2,1H3/b12-8+. The lowest BCUT2D eigenvalue weighted by molar-refractivity contribution is 0.552. The van der Waals surface area contributed by atoms with E-state index >= 15 is 0 Å².